The van der Waals surface area contributed by atoms with Crippen LogP contribution in [0.5, 0.6) is 0 Å². The standard InChI is InChI=1S/C28H21Cl5F2N4O3/c29-15-6-4-13(37-27(42)22-21(28(22,32)33)12-3-5-16(30)17(31)10-12)11-14(15)25(40)38-19-8-7-18(34)24(23(19)35)39-26(41)20-2-1-9-36-20/h3-8,10-11,20-22,36H,1-2,9H2,(H,37,42)(H,38,40)(H,39,41)/t20-,21-,22+/m0/s1. The largest absolute Gasteiger partial charge is 0.326 e. The molecule has 1 aliphatic carbocycles. The van der Waals surface area contributed by atoms with Crippen molar-refractivity contribution in [2.45, 2.75) is 29.1 Å². The van der Waals surface area contributed by atoms with Crippen molar-refractivity contribution in [2.24, 2.45) is 5.92 Å². The van der Waals surface area contributed by atoms with Crippen molar-refractivity contribution < 1.29 is 23.2 Å². The van der Waals surface area contributed by atoms with Crippen molar-refractivity contribution >= 4 is 92.8 Å². The Morgan fingerprint density at radius 1 is 0.857 bits per heavy atom. The van der Waals surface area contributed by atoms with Gasteiger partial charge in [-0.15, -0.1) is 23.2 Å². The van der Waals surface area contributed by atoms with E-state index >= 15 is 4.39 Å². The Kier molecular flexibility index (Phi) is 8.90. The molecule has 7 nitrogen and oxygen atoms in total. The van der Waals surface area contributed by atoms with E-state index in [4.69, 9.17) is 58.0 Å². The minimum atomic E-state index is -1.41. The van der Waals surface area contributed by atoms with Crippen molar-refractivity contribution in [3.8, 4) is 0 Å². The van der Waals surface area contributed by atoms with Gasteiger partial charge in [0.2, 0.25) is 11.8 Å². The van der Waals surface area contributed by atoms with Gasteiger partial charge in [-0.25, -0.2) is 8.78 Å². The molecule has 5 rings (SSSR count). The molecular formula is C28H21Cl5F2N4O3. The first-order chi connectivity index (χ1) is 19.9. The zero-order valence-corrected chi connectivity index (χ0v) is 25.1. The van der Waals surface area contributed by atoms with E-state index in [0.29, 0.717) is 23.6 Å². The molecule has 220 valence electrons. The van der Waals surface area contributed by atoms with Crippen LogP contribution in [0.2, 0.25) is 15.1 Å². The highest BCUT2D eigenvalue weighted by Gasteiger charge is 2.67. The fourth-order valence-electron chi connectivity index (χ4n) is 4.84. The van der Waals surface area contributed by atoms with Crippen molar-refractivity contribution in [3.05, 3.63) is 86.4 Å². The maximum atomic E-state index is 15.2. The monoisotopic (exact) mass is 674 g/mol. The quantitative estimate of drug-likeness (QED) is 0.196. The average Bonchev–Trinajstić information content (AvgIpc) is 3.25. The third-order valence-electron chi connectivity index (χ3n) is 7.08. The van der Waals surface area contributed by atoms with Gasteiger partial charge in [0.15, 0.2) is 5.82 Å². The van der Waals surface area contributed by atoms with E-state index in [9.17, 15) is 18.8 Å². The lowest BCUT2D eigenvalue weighted by atomic mass is 10.1. The Labute approximate surface area is 264 Å². The molecule has 1 saturated carbocycles. The zero-order chi connectivity index (χ0) is 30.3. The van der Waals surface area contributed by atoms with E-state index in [1.807, 2.05) is 0 Å². The molecule has 2 fully saturated rings. The maximum absolute atomic E-state index is 15.2. The van der Waals surface area contributed by atoms with E-state index in [1.165, 1.54) is 18.2 Å². The highest BCUT2D eigenvalue weighted by atomic mass is 35.5. The summed E-state index contributed by atoms with van der Waals surface area (Å²) in [4.78, 5) is 38.5. The number of halogens is 7. The first-order valence-corrected chi connectivity index (χ1v) is 14.5. The third kappa shape index (κ3) is 6.18. The Morgan fingerprint density at radius 2 is 1.60 bits per heavy atom. The minimum Gasteiger partial charge on any atom is -0.326 e. The van der Waals surface area contributed by atoms with Crippen LogP contribution in [0.15, 0.2) is 48.5 Å². The van der Waals surface area contributed by atoms with E-state index < -0.39 is 62.9 Å². The molecule has 0 radical (unpaired) electrons. The number of hydrogen-bond donors (Lipinski definition) is 4. The first kappa shape index (κ1) is 30.8. The number of rotatable bonds is 7. The SMILES string of the molecule is O=C(Nc1ccc(F)c(NC(=O)[C@@H]2CCCN2)c1F)c1cc(NC(=O)[C@H]2[C@H](c3ccc(Cl)c(Cl)c3)C2(Cl)Cl)ccc1Cl. The van der Waals surface area contributed by atoms with E-state index in [-0.39, 0.29) is 21.3 Å². The van der Waals surface area contributed by atoms with Gasteiger partial charge in [-0.05, 0) is 67.4 Å². The second-order valence-electron chi connectivity index (χ2n) is 9.86. The van der Waals surface area contributed by atoms with Crippen molar-refractivity contribution in [1.82, 2.24) is 5.32 Å². The fraction of sp³-hybridized carbons (Fsp3) is 0.250. The molecule has 14 heteroatoms. The summed E-state index contributed by atoms with van der Waals surface area (Å²) in [6.45, 7) is 0.622. The van der Waals surface area contributed by atoms with E-state index in [2.05, 4.69) is 21.3 Å². The smallest absolute Gasteiger partial charge is 0.257 e. The van der Waals surface area contributed by atoms with Gasteiger partial charge in [0, 0.05) is 11.6 Å². The molecule has 3 aromatic carbocycles. The molecule has 42 heavy (non-hydrogen) atoms. The molecule has 3 atom stereocenters. The van der Waals surface area contributed by atoms with Crippen LogP contribution in [0, 0.1) is 17.6 Å². The van der Waals surface area contributed by atoms with Gasteiger partial charge in [-0.2, -0.15) is 0 Å². The first-order valence-electron chi connectivity index (χ1n) is 12.6. The Morgan fingerprint density at radius 3 is 2.29 bits per heavy atom. The number of amides is 3. The third-order valence-corrected chi connectivity index (χ3v) is 9.09. The van der Waals surface area contributed by atoms with Crippen molar-refractivity contribution in [2.75, 3.05) is 22.5 Å². The highest BCUT2D eigenvalue weighted by Crippen LogP contribution is 2.65. The van der Waals surface area contributed by atoms with Crippen LogP contribution in [0.1, 0.15) is 34.7 Å². The second-order valence-corrected chi connectivity index (χ2v) is 12.5. The lowest BCUT2D eigenvalue weighted by Crippen LogP contribution is -2.36. The zero-order valence-electron chi connectivity index (χ0n) is 21.3. The predicted octanol–water partition coefficient (Wildman–Crippen LogP) is 7.39. The molecule has 0 spiro atoms. The molecule has 0 aromatic heterocycles. The van der Waals surface area contributed by atoms with Crippen LogP contribution in [-0.2, 0) is 9.59 Å². The Hall–Kier alpha value is -2.66. The van der Waals surface area contributed by atoms with Crippen molar-refractivity contribution in [3.63, 3.8) is 0 Å². The molecule has 1 saturated heterocycles. The molecule has 3 aromatic rings. The molecule has 4 N–H and O–H groups in total. The van der Waals surface area contributed by atoms with Gasteiger partial charge in [-0.3, -0.25) is 14.4 Å². The molecule has 2 aliphatic rings. The predicted molar refractivity (Wildman–Crippen MR) is 161 cm³/mol. The number of anilines is 3. The van der Waals surface area contributed by atoms with Gasteiger partial charge in [0.05, 0.1) is 38.3 Å². The summed E-state index contributed by atoms with van der Waals surface area (Å²) in [6.07, 6.45) is 1.29. The minimum absolute atomic E-state index is 0.00186. The average molecular weight is 677 g/mol. The molecule has 0 bridgehead atoms. The molecule has 1 heterocycles. The van der Waals surface area contributed by atoms with Crippen LogP contribution >= 0.6 is 58.0 Å². The van der Waals surface area contributed by atoms with Gasteiger partial charge in [-0.1, -0.05) is 40.9 Å². The lowest BCUT2D eigenvalue weighted by Gasteiger charge is -2.15. The van der Waals surface area contributed by atoms with Gasteiger partial charge < -0.3 is 21.3 Å². The Balaban J connectivity index is 1.30. The topological polar surface area (TPSA) is 99.3 Å². The normalized spacial score (nSPS) is 20.6. The second kappa shape index (κ2) is 12.1. The van der Waals surface area contributed by atoms with Crippen molar-refractivity contribution in [1.29, 1.82) is 0 Å². The van der Waals surface area contributed by atoms with Crippen LogP contribution in [-0.4, -0.2) is 34.6 Å². The van der Waals surface area contributed by atoms with Crippen LogP contribution in [0.4, 0.5) is 25.8 Å². The van der Waals surface area contributed by atoms with Gasteiger partial charge >= 0.3 is 0 Å². The summed E-state index contributed by atoms with van der Waals surface area (Å²) in [5, 5.41) is 10.8. The summed E-state index contributed by atoms with van der Waals surface area (Å²) in [6, 6.07) is 10.3. The fourth-order valence-corrected chi connectivity index (χ4v) is 6.18. The molecular weight excluding hydrogens is 656 g/mol. The maximum Gasteiger partial charge on any atom is 0.257 e. The summed E-state index contributed by atoms with van der Waals surface area (Å²) in [5.41, 5.74) is -0.376. The van der Waals surface area contributed by atoms with E-state index in [1.54, 1.807) is 18.2 Å². The van der Waals surface area contributed by atoms with Gasteiger partial charge in [0.1, 0.15) is 15.8 Å². The summed E-state index contributed by atoms with van der Waals surface area (Å²) >= 11 is 31.1. The summed E-state index contributed by atoms with van der Waals surface area (Å²) in [5.74, 6) is -5.53. The lowest BCUT2D eigenvalue weighted by molar-refractivity contribution is -0.118. The number of carbonyl (C=O) groups excluding carboxylic acids is 3. The van der Waals surface area contributed by atoms with Gasteiger partial charge in [0.25, 0.3) is 5.91 Å². The number of benzene rings is 3. The molecule has 3 amide bonds. The van der Waals surface area contributed by atoms with Crippen LogP contribution in [0.25, 0.3) is 0 Å². The van der Waals surface area contributed by atoms with Crippen LogP contribution < -0.4 is 21.3 Å². The number of hydrogen-bond acceptors (Lipinski definition) is 4. The highest BCUT2D eigenvalue weighted by molar-refractivity contribution is 6.53. The molecule has 1 aliphatic heterocycles. The number of nitrogens with one attached hydrogen (secondary N) is 4. The summed E-state index contributed by atoms with van der Waals surface area (Å²) in [7, 11) is 0. The number of alkyl halides is 2. The Bertz CT molecular complexity index is 1600. The van der Waals surface area contributed by atoms with Crippen LogP contribution in [0.3, 0.4) is 0 Å². The van der Waals surface area contributed by atoms with E-state index in [0.717, 1.165) is 18.6 Å². The molecule has 0 unspecified atom stereocenters. The number of carbonyl (C=O) groups is 3. The summed E-state index contributed by atoms with van der Waals surface area (Å²) < 4.78 is 28.2.